The molecule has 0 aromatic heterocycles. The first-order valence-electron chi connectivity index (χ1n) is 6.43. The van der Waals surface area contributed by atoms with Gasteiger partial charge in [-0.1, -0.05) is 56.1 Å². The van der Waals surface area contributed by atoms with Gasteiger partial charge in [0, 0.05) is 14.3 Å². The first-order chi connectivity index (χ1) is 10.5. The molecule has 3 aromatic rings. The summed E-state index contributed by atoms with van der Waals surface area (Å²) in [6.07, 6.45) is 0. The van der Waals surface area contributed by atoms with E-state index in [0.29, 0.717) is 5.69 Å². The zero-order valence-corrected chi connectivity index (χ0v) is 15.2. The van der Waals surface area contributed by atoms with Crippen molar-refractivity contribution in [2.24, 2.45) is 0 Å². The molecule has 0 bridgehead atoms. The van der Waals surface area contributed by atoms with E-state index in [4.69, 9.17) is 0 Å². The summed E-state index contributed by atoms with van der Waals surface area (Å²) in [5.41, 5.74) is 0.557. The summed E-state index contributed by atoms with van der Waals surface area (Å²) >= 11 is 6.78. The van der Waals surface area contributed by atoms with Crippen molar-refractivity contribution < 1.29 is 8.42 Å². The third-order valence-electron chi connectivity index (χ3n) is 3.24. The van der Waals surface area contributed by atoms with Gasteiger partial charge in [-0.15, -0.1) is 0 Å². The van der Waals surface area contributed by atoms with Crippen molar-refractivity contribution in [2.45, 2.75) is 4.90 Å². The van der Waals surface area contributed by atoms with Gasteiger partial charge < -0.3 is 0 Å². The van der Waals surface area contributed by atoms with E-state index in [2.05, 4.69) is 36.6 Å². The highest BCUT2D eigenvalue weighted by molar-refractivity contribution is 9.11. The molecule has 1 N–H and O–H groups in total. The van der Waals surface area contributed by atoms with Crippen LogP contribution in [0.2, 0.25) is 0 Å². The third kappa shape index (κ3) is 3.04. The van der Waals surface area contributed by atoms with Gasteiger partial charge in [0.05, 0.1) is 10.6 Å². The zero-order valence-electron chi connectivity index (χ0n) is 11.3. The summed E-state index contributed by atoms with van der Waals surface area (Å²) in [5.74, 6) is 0. The summed E-state index contributed by atoms with van der Waals surface area (Å²) in [4.78, 5) is 0.225. The number of hydrogen-bond acceptors (Lipinski definition) is 2. The fourth-order valence-corrected chi connectivity index (χ4v) is 3.99. The first kappa shape index (κ1) is 15.5. The number of fused-ring (bicyclic) bond motifs is 1. The lowest BCUT2D eigenvalue weighted by molar-refractivity contribution is 0.601. The molecule has 0 aliphatic carbocycles. The standard InChI is InChI=1S/C16H11Br2NO2S/c17-11-5-7-12(8-6-11)22(20,21)19-16-10-9-15(18)13-3-1-2-4-14(13)16/h1-10,19H. The fourth-order valence-electron chi connectivity index (χ4n) is 2.17. The number of anilines is 1. The van der Waals surface area contributed by atoms with E-state index in [0.717, 1.165) is 19.7 Å². The van der Waals surface area contributed by atoms with Crippen molar-refractivity contribution in [2.75, 3.05) is 4.72 Å². The smallest absolute Gasteiger partial charge is 0.261 e. The molecule has 0 radical (unpaired) electrons. The number of rotatable bonds is 3. The number of benzene rings is 3. The van der Waals surface area contributed by atoms with Crippen molar-refractivity contribution >= 4 is 58.3 Å². The molecule has 112 valence electrons. The van der Waals surface area contributed by atoms with E-state index >= 15 is 0 Å². The SMILES string of the molecule is O=S(=O)(Nc1ccc(Br)c2ccccc12)c1ccc(Br)cc1. The van der Waals surface area contributed by atoms with E-state index in [-0.39, 0.29) is 4.90 Å². The van der Waals surface area contributed by atoms with E-state index in [1.54, 1.807) is 30.3 Å². The maximum Gasteiger partial charge on any atom is 0.261 e. The molecule has 0 aliphatic heterocycles. The van der Waals surface area contributed by atoms with Gasteiger partial charge in [-0.2, -0.15) is 0 Å². The lowest BCUT2D eigenvalue weighted by Crippen LogP contribution is -2.13. The molecule has 3 aromatic carbocycles. The number of sulfonamides is 1. The Kier molecular flexibility index (Phi) is 4.25. The molecule has 22 heavy (non-hydrogen) atoms. The molecule has 6 heteroatoms. The Morgan fingerprint density at radius 2 is 1.41 bits per heavy atom. The van der Waals surface area contributed by atoms with Crippen molar-refractivity contribution in [3.8, 4) is 0 Å². The van der Waals surface area contributed by atoms with Crippen LogP contribution >= 0.6 is 31.9 Å². The highest BCUT2D eigenvalue weighted by atomic mass is 79.9. The van der Waals surface area contributed by atoms with Gasteiger partial charge in [-0.05, 0) is 41.8 Å². The van der Waals surface area contributed by atoms with E-state index in [1.165, 1.54) is 0 Å². The summed E-state index contributed by atoms with van der Waals surface area (Å²) in [7, 11) is -3.62. The molecule has 0 atom stereocenters. The minimum Gasteiger partial charge on any atom is -0.279 e. The molecule has 0 amide bonds. The van der Waals surface area contributed by atoms with Crippen LogP contribution < -0.4 is 4.72 Å². The Bertz CT molecular complexity index is 938. The van der Waals surface area contributed by atoms with Crippen LogP contribution in [0.5, 0.6) is 0 Å². The van der Waals surface area contributed by atoms with E-state index < -0.39 is 10.0 Å². The van der Waals surface area contributed by atoms with Crippen LogP contribution in [0, 0.1) is 0 Å². The maximum atomic E-state index is 12.5. The topological polar surface area (TPSA) is 46.2 Å². The van der Waals surface area contributed by atoms with Crippen LogP contribution in [0.25, 0.3) is 10.8 Å². The quantitative estimate of drug-likeness (QED) is 0.610. The van der Waals surface area contributed by atoms with E-state index in [1.807, 2.05) is 30.3 Å². The van der Waals surface area contributed by atoms with Crippen LogP contribution in [-0.4, -0.2) is 8.42 Å². The molecule has 0 saturated carbocycles. The highest BCUT2D eigenvalue weighted by Crippen LogP contribution is 2.31. The van der Waals surface area contributed by atoms with Crippen LogP contribution in [0.1, 0.15) is 0 Å². The average molecular weight is 441 g/mol. The van der Waals surface area contributed by atoms with Gasteiger partial charge in [0.1, 0.15) is 0 Å². The highest BCUT2D eigenvalue weighted by Gasteiger charge is 2.15. The van der Waals surface area contributed by atoms with Gasteiger partial charge in [-0.25, -0.2) is 8.42 Å². The molecule has 3 rings (SSSR count). The lowest BCUT2D eigenvalue weighted by atomic mass is 10.1. The molecule has 0 saturated heterocycles. The van der Waals surface area contributed by atoms with Crippen LogP contribution in [0.4, 0.5) is 5.69 Å². The largest absolute Gasteiger partial charge is 0.279 e. The normalized spacial score (nSPS) is 11.5. The minimum absolute atomic E-state index is 0.225. The predicted molar refractivity (Wildman–Crippen MR) is 96.6 cm³/mol. The van der Waals surface area contributed by atoms with Gasteiger partial charge in [-0.3, -0.25) is 4.72 Å². The molecule has 0 aliphatic rings. The second-order valence-corrected chi connectivity index (χ2v) is 8.15. The maximum absolute atomic E-state index is 12.5. The number of halogens is 2. The lowest BCUT2D eigenvalue weighted by Gasteiger charge is -2.12. The molecular weight excluding hydrogens is 430 g/mol. The summed E-state index contributed by atoms with van der Waals surface area (Å²) in [5, 5.41) is 1.80. The second-order valence-electron chi connectivity index (χ2n) is 4.70. The Hall–Kier alpha value is -1.37. The monoisotopic (exact) mass is 439 g/mol. The third-order valence-corrected chi connectivity index (χ3v) is 5.84. The predicted octanol–water partition coefficient (Wildman–Crippen LogP) is 5.17. The molecule has 0 heterocycles. The van der Waals surface area contributed by atoms with Gasteiger partial charge >= 0.3 is 0 Å². The minimum atomic E-state index is -3.62. The Morgan fingerprint density at radius 1 is 0.773 bits per heavy atom. The van der Waals surface area contributed by atoms with Crippen molar-refractivity contribution in [3.05, 3.63) is 69.6 Å². The fraction of sp³-hybridized carbons (Fsp3) is 0. The van der Waals surface area contributed by atoms with Crippen LogP contribution in [-0.2, 0) is 10.0 Å². The van der Waals surface area contributed by atoms with Crippen molar-refractivity contribution in [1.29, 1.82) is 0 Å². The Morgan fingerprint density at radius 3 is 2.09 bits per heavy atom. The van der Waals surface area contributed by atoms with Crippen LogP contribution in [0.15, 0.2) is 74.5 Å². The molecule has 0 fully saturated rings. The van der Waals surface area contributed by atoms with Crippen molar-refractivity contribution in [3.63, 3.8) is 0 Å². The molecule has 0 unspecified atom stereocenters. The van der Waals surface area contributed by atoms with Gasteiger partial charge in [0.2, 0.25) is 0 Å². The van der Waals surface area contributed by atoms with Crippen LogP contribution in [0.3, 0.4) is 0 Å². The van der Waals surface area contributed by atoms with Gasteiger partial charge in [0.15, 0.2) is 0 Å². The summed E-state index contributed by atoms with van der Waals surface area (Å²) in [6.45, 7) is 0. The molecule has 3 nitrogen and oxygen atoms in total. The number of hydrogen-bond donors (Lipinski definition) is 1. The zero-order chi connectivity index (χ0) is 15.7. The Labute approximate surface area is 145 Å². The molecular formula is C16H11Br2NO2S. The van der Waals surface area contributed by atoms with E-state index in [9.17, 15) is 8.42 Å². The Balaban J connectivity index is 2.06. The van der Waals surface area contributed by atoms with Gasteiger partial charge in [0.25, 0.3) is 10.0 Å². The van der Waals surface area contributed by atoms with Crippen molar-refractivity contribution in [1.82, 2.24) is 0 Å². The number of nitrogens with one attached hydrogen (secondary N) is 1. The summed E-state index contributed by atoms with van der Waals surface area (Å²) < 4.78 is 29.4. The second kappa shape index (κ2) is 6.02. The first-order valence-corrected chi connectivity index (χ1v) is 9.50. The molecule has 0 spiro atoms. The average Bonchev–Trinajstić information content (AvgIpc) is 2.51. The summed E-state index contributed by atoms with van der Waals surface area (Å²) in [6, 6.07) is 17.7.